The molecule has 2 aliphatic heterocycles. The number of fused-ring (bicyclic) bond motifs is 2. The highest BCUT2D eigenvalue weighted by atomic mass is 79.9. The Labute approximate surface area is 205 Å². The molecule has 1 amide bonds. The van der Waals surface area contributed by atoms with Crippen LogP contribution in [-0.4, -0.2) is 22.9 Å². The van der Waals surface area contributed by atoms with E-state index in [1.165, 1.54) is 5.56 Å². The zero-order valence-corrected chi connectivity index (χ0v) is 20.3. The third-order valence-electron chi connectivity index (χ3n) is 6.82. The van der Waals surface area contributed by atoms with E-state index in [9.17, 15) is 14.9 Å². The number of aryl methyl sites for hydroxylation is 1. The van der Waals surface area contributed by atoms with Gasteiger partial charge in [-0.2, -0.15) is 0 Å². The number of anilines is 1. The van der Waals surface area contributed by atoms with Crippen molar-refractivity contribution in [2.24, 2.45) is 0 Å². The molecule has 0 unspecified atom stereocenters. The average Bonchev–Trinajstić information content (AvgIpc) is 3.28. The van der Waals surface area contributed by atoms with Gasteiger partial charge in [0.05, 0.1) is 10.4 Å². The summed E-state index contributed by atoms with van der Waals surface area (Å²) >= 11 is 3.57. The lowest BCUT2D eigenvalue weighted by atomic mass is 9.78. The molecule has 2 aliphatic rings. The van der Waals surface area contributed by atoms with Crippen molar-refractivity contribution >= 4 is 27.5 Å². The molecule has 0 saturated carbocycles. The van der Waals surface area contributed by atoms with Crippen LogP contribution in [0.3, 0.4) is 0 Å². The van der Waals surface area contributed by atoms with Gasteiger partial charge in [0.1, 0.15) is 12.4 Å². The smallest absolute Gasteiger partial charge is 0.256 e. The molecule has 4 atom stereocenters. The monoisotopic (exact) mass is 521 g/mol. The van der Waals surface area contributed by atoms with Crippen molar-refractivity contribution in [2.45, 2.75) is 44.0 Å². The number of hydrogen-bond donors (Lipinski definition) is 2. The second-order valence-electron chi connectivity index (χ2n) is 8.96. The normalized spacial score (nSPS) is 25.3. The molecule has 1 saturated heterocycles. The summed E-state index contributed by atoms with van der Waals surface area (Å²) < 4.78 is 6.69. The summed E-state index contributed by atoms with van der Waals surface area (Å²) in [7, 11) is 0. The maximum Gasteiger partial charge on any atom is 0.256 e. The minimum absolute atomic E-state index is 0.307. The van der Waals surface area contributed by atoms with Crippen LogP contribution in [0, 0.1) is 17.0 Å². The molecule has 2 heterocycles. The van der Waals surface area contributed by atoms with Gasteiger partial charge in [0.25, 0.3) is 11.9 Å². The molecular formula is C26H24BrN3O4. The number of halogens is 1. The van der Waals surface area contributed by atoms with Crippen LogP contribution in [0.4, 0.5) is 5.69 Å². The Balaban J connectivity index is 1.46. The average molecular weight is 522 g/mol. The molecule has 1 spiro atoms. The zero-order valence-electron chi connectivity index (χ0n) is 18.7. The van der Waals surface area contributed by atoms with Gasteiger partial charge < -0.3 is 10.1 Å². The van der Waals surface area contributed by atoms with Gasteiger partial charge in [-0.05, 0) is 59.1 Å². The van der Waals surface area contributed by atoms with Crippen molar-refractivity contribution in [3.05, 3.63) is 104 Å². The minimum Gasteiger partial charge on any atom is -0.488 e. The van der Waals surface area contributed by atoms with Gasteiger partial charge in [-0.15, -0.1) is 0 Å². The molecule has 0 radical (unpaired) electrons. The van der Waals surface area contributed by atoms with Crippen LogP contribution in [0.1, 0.15) is 35.1 Å². The molecule has 0 aromatic heterocycles. The van der Waals surface area contributed by atoms with Crippen LogP contribution in [0.25, 0.3) is 0 Å². The number of rotatable bonds is 5. The van der Waals surface area contributed by atoms with Crippen LogP contribution in [-0.2, 0) is 16.9 Å². The number of benzene rings is 3. The van der Waals surface area contributed by atoms with E-state index in [1.807, 2.05) is 62.4 Å². The molecule has 8 heteroatoms. The van der Waals surface area contributed by atoms with Crippen LogP contribution in [0.15, 0.2) is 71.2 Å². The van der Waals surface area contributed by atoms with Gasteiger partial charge in [0.2, 0.25) is 0 Å². The Bertz CT molecular complexity index is 1280. The van der Waals surface area contributed by atoms with Crippen LogP contribution >= 0.6 is 15.9 Å². The maximum atomic E-state index is 13.1. The first-order valence-corrected chi connectivity index (χ1v) is 11.9. The first-order valence-electron chi connectivity index (χ1n) is 11.1. The Hall–Kier alpha value is -3.23. The summed E-state index contributed by atoms with van der Waals surface area (Å²) in [6.45, 7) is 4.34. The fourth-order valence-corrected chi connectivity index (χ4v) is 5.75. The number of amides is 1. The molecule has 0 bridgehead atoms. The molecule has 7 nitrogen and oxygen atoms in total. The molecule has 34 heavy (non-hydrogen) atoms. The maximum absolute atomic E-state index is 13.1. The number of nitro groups is 1. The highest BCUT2D eigenvalue weighted by Gasteiger charge is 2.67. The lowest BCUT2D eigenvalue weighted by molar-refractivity contribution is -0.532. The summed E-state index contributed by atoms with van der Waals surface area (Å²) in [6.07, 6.45) is 0. The number of carbonyl (C=O) groups excluding carboxylic acids is 1. The number of para-hydroxylation sites is 1. The van der Waals surface area contributed by atoms with Crippen molar-refractivity contribution in [2.75, 3.05) is 5.32 Å². The third-order valence-corrected chi connectivity index (χ3v) is 7.44. The fraction of sp³-hybridized carbons (Fsp3) is 0.269. The van der Waals surface area contributed by atoms with E-state index in [4.69, 9.17) is 4.74 Å². The summed E-state index contributed by atoms with van der Waals surface area (Å²) in [6, 6.07) is 19.3. The van der Waals surface area contributed by atoms with Gasteiger partial charge in [-0.25, -0.2) is 0 Å². The van der Waals surface area contributed by atoms with Crippen LogP contribution < -0.4 is 15.4 Å². The number of ether oxygens (including phenoxy) is 1. The van der Waals surface area contributed by atoms with E-state index >= 15 is 0 Å². The van der Waals surface area contributed by atoms with E-state index in [-0.39, 0.29) is 16.9 Å². The first kappa shape index (κ1) is 22.6. The van der Waals surface area contributed by atoms with Crippen molar-refractivity contribution < 1.29 is 14.5 Å². The van der Waals surface area contributed by atoms with Gasteiger partial charge >= 0.3 is 0 Å². The van der Waals surface area contributed by atoms with Gasteiger partial charge in [0, 0.05) is 22.2 Å². The fourth-order valence-electron chi connectivity index (χ4n) is 5.24. The van der Waals surface area contributed by atoms with Crippen molar-refractivity contribution in [3.8, 4) is 5.75 Å². The summed E-state index contributed by atoms with van der Waals surface area (Å²) in [5.74, 6) is -0.254. The van der Waals surface area contributed by atoms with Crippen molar-refractivity contribution in [1.82, 2.24) is 5.32 Å². The Kier molecular flexibility index (Phi) is 5.65. The quantitative estimate of drug-likeness (QED) is 0.367. The highest BCUT2D eigenvalue weighted by molar-refractivity contribution is 9.10. The van der Waals surface area contributed by atoms with E-state index in [1.54, 1.807) is 18.2 Å². The lowest BCUT2D eigenvalue weighted by Crippen LogP contribution is -2.54. The standard InChI is InChI=1S/C26H24BrN3O4/c1-15-7-9-17(10-8-15)14-34-22-12-11-18(13-20(22)27)23-16(2)29-26(24(23)30(32)33)19-5-3-4-6-21(19)28-25(26)31/h3-13,16,23-24,29H,14H2,1-2H3,(H,28,31)/t16-,23-,24-,26-/m0/s1. The molecular weight excluding hydrogens is 498 g/mol. The van der Waals surface area contributed by atoms with Crippen LogP contribution in [0.2, 0.25) is 0 Å². The Morgan fingerprint density at radius 1 is 1.12 bits per heavy atom. The highest BCUT2D eigenvalue weighted by Crippen LogP contribution is 2.50. The Morgan fingerprint density at radius 2 is 1.85 bits per heavy atom. The largest absolute Gasteiger partial charge is 0.488 e. The number of nitrogens with one attached hydrogen (secondary N) is 2. The van der Waals surface area contributed by atoms with Gasteiger partial charge in [-0.3, -0.25) is 20.2 Å². The predicted octanol–water partition coefficient (Wildman–Crippen LogP) is 4.90. The van der Waals surface area contributed by atoms with E-state index in [0.717, 1.165) is 11.1 Å². The van der Waals surface area contributed by atoms with E-state index < -0.39 is 17.5 Å². The molecule has 3 aromatic rings. The topological polar surface area (TPSA) is 93.5 Å². The van der Waals surface area contributed by atoms with Gasteiger partial charge in [-0.1, -0.05) is 54.1 Å². The third kappa shape index (κ3) is 3.58. The molecule has 5 rings (SSSR count). The number of hydrogen-bond acceptors (Lipinski definition) is 5. The molecule has 2 N–H and O–H groups in total. The van der Waals surface area contributed by atoms with E-state index in [2.05, 4.69) is 26.6 Å². The SMILES string of the molecule is Cc1ccc(COc2ccc([C@@H]3[C@H](C)N[C@]4(C(=O)Nc5ccccc54)[C@H]3[N+](=O)[O-])cc2Br)cc1. The van der Waals surface area contributed by atoms with Gasteiger partial charge in [0.15, 0.2) is 5.54 Å². The number of nitrogens with zero attached hydrogens (tertiary/aromatic N) is 1. The summed E-state index contributed by atoms with van der Waals surface area (Å²) in [5.41, 5.74) is 2.82. The molecule has 0 aliphatic carbocycles. The zero-order chi connectivity index (χ0) is 24.0. The lowest BCUT2D eigenvalue weighted by Gasteiger charge is -2.25. The number of carbonyl (C=O) groups is 1. The minimum atomic E-state index is -1.42. The second-order valence-corrected chi connectivity index (χ2v) is 9.82. The summed E-state index contributed by atoms with van der Waals surface area (Å²) in [5, 5.41) is 18.6. The van der Waals surface area contributed by atoms with Crippen molar-refractivity contribution in [1.29, 1.82) is 0 Å². The molecule has 1 fully saturated rings. The summed E-state index contributed by atoms with van der Waals surface area (Å²) in [4.78, 5) is 25.3. The van der Waals surface area contributed by atoms with Crippen LogP contribution in [0.5, 0.6) is 5.75 Å². The predicted molar refractivity (Wildman–Crippen MR) is 133 cm³/mol. The van der Waals surface area contributed by atoms with Crippen molar-refractivity contribution in [3.63, 3.8) is 0 Å². The first-order chi connectivity index (χ1) is 16.3. The molecule has 174 valence electrons. The molecule has 3 aromatic carbocycles. The Morgan fingerprint density at radius 3 is 2.56 bits per heavy atom. The van der Waals surface area contributed by atoms with E-state index in [0.29, 0.717) is 28.1 Å². The second kappa shape index (κ2) is 8.52.